The highest BCUT2D eigenvalue weighted by molar-refractivity contribution is 6.74. The van der Waals surface area contributed by atoms with Crippen molar-refractivity contribution in [3.05, 3.63) is 41.7 Å². The normalized spacial score (nSPS) is 11.9. The summed E-state index contributed by atoms with van der Waals surface area (Å²) in [7, 11) is -1.82. The van der Waals surface area contributed by atoms with Gasteiger partial charge in [-0.25, -0.2) is 0 Å². The summed E-state index contributed by atoms with van der Waals surface area (Å²) in [4.78, 5) is 0. The fraction of sp³-hybridized carbons (Fsp3) is 0.450. The van der Waals surface area contributed by atoms with Crippen LogP contribution in [0.2, 0.25) is 18.1 Å². The molecule has 2 rings (SSSR count). The Labute approximate surface area is 152 Å². The van der Waals surface area contributed by atoms with Gasteiger partial charge >= 0.3 is 0 Å². The Morgan fingerprint density at radius 2 is 1.80 bits per heavy atom. The first-order chi connectivity index (χ1) is 11.6. The van der Waals surface area contributed by atoms with E-state index in [0.717, 1.165) is 29.4 Å². The van der Waals surface area contributed by atoms with Crippen LogP contribution in [0.1, 0.15) is 39.1 Å². The second-order valence-corrected chi connectivity index (χ2v) is 12.6. The first-order valence-electron chi connectivity index (χ1n) is 8.75. The molecule has 1 aromatic heterocycles. The second kappa shape index (κ2) is 6.97. The molecule has 0 bridgehead atoms. The number of benzene rings is 1. The van der Waals surface area contributed by atoms with Gasteiger partial charge in [0.25, 0.3) is 0 Å². The van der Waals surface area contributed by atoms with Crippen molar-refractivity contribution in [3.8, 4) is 11.8 Å². The van der Waals surface area contributed by atoms with Crippen molar-refractivity contribution >= 4 is 19.7 Å². The molecule has 0 aliphatic rings. The van der Waals surface area contributed by atoms with E-state index in [1.165, 1.54) is 0 Å². The largest absolute Gasteiger partial charge is 0.544 e. The average Bonchev–Trinajstić information content (AvgIpc) is 2.83. The van der Waals surface area contributed by atoms with E-state index in [4.69, 9.17) is 4.43 Å². The molecular weight excluding hydrogens is 326 g/mol. The van der Waals surface area contributed by atoms with Gasteiger partial charge in [0.2, 0.25) is 8.32 Å². The predicted octanol–water partition coefficient (Wildman–Crippen LogP) is 5.82. The zero-order valence-electron chi connectivity index (χ0n) is 16.4. The van der Waals surface area contributed by atoms with E-state index >= 15 is 0 Å². The third kappa shape index (κ3) is 4.08. The molecule has 5 heteroatoms. The summed E-state index contributed by atoms with van der Waals surface area (Å²) >= 11 is 0. The van der Waals surface area contributed by atoms with Gasteiger partial charge in [-0.3, -0.25) is 0 Å². The van der Waals surface area contributed by atoms with Crippen LogP contribution in [0.15, 0.2) is 30.3 Å². The standard InChI is InChI=1S/C20H29N3OSi/c1-8-23-15(2)19(13-17(23)14-21)22-16-9-11-18(12-10-16)24-25(6,7)20(3,4)5/h9-13,22H,8H2,1-7H3. The number of hydrogen-bond donors (Lipinski definition) is 1. The van der Waals surface area contributed by atoms with E-state index in [1.807, 2.05) is 48.7 Å². The number of hydrogen-bond acceptors (Lipinski definition) is 3. The topological polar surface area (TPSA) is 50.0 Å². The lowest BCUT2D eigenvalue weighted by Gasteiger charge is -2.36. The lowest BCUT2D eigenvalue weighted by Crippen LogP contribution is -2.43. The SMILES string of the molecule is CCn1c(C#N)cc(Nc2ccc(O[Si](C)(C)C(C)(C)C)cc2)c1C. The second-order valence-electron chi connectivity index (χ2n) is 7.90. The molecule has 0 saturated carbocycles. The Morgan fingerprint density at radius 3 is 2.24 bits per heavy atom. The minimum atomic E-state index is -1.82. The first kappa shape index (κ1) is 19.1. The van der Waals surface area contributed by atoms with Crippen LogP contribution in [0.25, 0.3) is 0 Å². The number of nitriles is 1. The van der Waals surface area contributed by atoms with Crippen LogP contribution < -0.4 is 9.74 Å². The Kier molecular flexibility index (Phi) is 5.33. The summed E-state index contributed by atoms with van der Waals surface area (Å²) in [5.74, 6) is 0.915. The molecule has 0 fully saturated rings. The molecule has 0 unspecified atom stereocenters. The van der Waals surface area contributed by atoms with Gasteiger partial charge in [-0.05, 0) is 62.3 Å². The highest BCUT2D eigenvalue weighted by Gasteiger charge is 2.38. The van der Waals surface area contributed by atoms with Gasteiger partial charge in [-0.15, -0.1) is 0 Å². The number of aromatic nitrogens is 1. The molecule has 1 heterocycles. The summed E-state index contributed by atoms with van der Waals surface area (Å²) in [6.45, 7) is 16.1. The predicted molar refractivity (Wildman–Crippen MR) is 107 cm³/mol. The quantitative estimate of drug-likeness (QED) is 0.688. The maximum Gasteiger partial charge on any atom is 0.250 e. The molecule has 2 aromatic rings. The Hall–Kier alpha value is -2.19. The van der Waals surface area contributed by atoms with E-state index in [9.17, 15) is 5.26 Å². The maximum absolute atomic E-state index is 9.25. The van der Waals surface area contributed by atoms with Crippen LogP contribution in [-0.4, -0.2) is 12.9 Å². The lowest BCUT2D eigenvalue weighted by atomic mass is 10.2. The molecule has 25 heavy (non-hydrogen) atoms. The van der Waals surface area contributed by atoms with Gasteiger partial charge < -0.3 is 14.3 Å². The number of rotatable bonds is 5. The van der Waals surface area contributed by atoms with Crippen molar-refractivity contribution in [3.63, 3.8) is 0 Å². The van der Waals surface area contributed by atoms with Crippen molar-refractivity contribution in [1.29, 1.82) is 5.26 Å². The highest BCUT2D eigenvalue weighted by Crippen LogP contribution is 2.37. The van der Waals surface area contributed by atoms with Crippen molar-refractivity contribution in [1.82, 2.24) is 4.57 Å². The van der Waals surface area contributed by atoms with E-state index in [0.29, 0.717) is 5.69 Å². The van der Waals surface area contributed by atoms with Crippen molar-refractivity contribution in [2.24, 2.45) is 0 Å². The minimum absolute atomic E-state index is 0.178. The van der Waals surface area contributed by atoms with Crippen LogP contribution in [0.4, 0.5) is 11.4 Å². The van der Waals surface area contributed by atoms with E-state index in [-0.39, 0.29) is 5.04 Å². The molecule has 0 saturated heterocycles. The maximum atomic E-state index is 9.25. The van der Waals surface area contributed by atoms with Crippen LogP contribution in [0.5, 0.6) is 5.75 Å². The summed E-state index contributed by atoms with van der Waals surface area (Å²) in [6.07, 6.45) is 0. The average molecular weight is 356 g/mol. The molecule has 0 spiro atoms. The molecule has 1 N–H and O–H groups in total. The molecule has 0 aliphatic carbocycles. The van der Waals surface area contributed by atoms with Crippen LogP contribution >= 0.6 is 0 Å². The number of nitrogens with one attached hydrogen (secondary N) is 1. The Balaban J connectivity index is 2.17. The summed E-state index contributed by atoms with van der Waals surface area (Å²) < 4.78 is 8.33. The third-order valence-electron chi connectivity index (χ3n) is 5.11. The molecule has 4 nitrogen and oxygen atoms in total. The van der Waals surface area contributed by atoms with Gasteiger partial charge in [0, 0.05) is 17.9 Å². The van der Waals surface area contributed by atoms with Crippen molar-refractivity contribution < 1.29 is 4.43 Å². The first-order valence-corrected chi connectivity index (χ1v) is 11.7. The molecule has 1 aromatic carbocycles. The summed E-state index contributed by atoms with van der Waals surface area (Å²) in [6, 6.07) is 12.2. The minimum Gasteiger partial charge on any atom is -0.544 e. The molecular formula is C20H29N3OSi. The van der Waals surface area contributed by atoms with Gasteiger partial charge in [0.05, 0.1) is 5.69 Å². The molecule has 134 valence electrons. The third-order valence-corrected chi connectivity index (χ3v) is 9.47. The van der Waals surface area contributed by atoms with Crippen LogP contribution in [0, 0.1) is 18.3 Å². The highest BCUT2D eigenvalue weighted by atomic mass is 28.4. The van der Waals surface area contributed by atoms with Crippen LogP contribution in [0.3, 0.4) is 0 Å². The lowest BCUT2D eigenvalue weighted by molar-refractivity contribution is 0.492. The van der Waals surface area contributed by atoms with Gasteiger partial charge in [0.15, 0.2) is 0 Å². The Morgan fingerprint density at radius 1 is 1.20 bits per heavy atom. The van der Waals surface area contributed by atoms with Gasteiger partial charge in [-0.2, -0.15) is 5.26 Å². The van der Waals surface area contributed by atoms with E-state index in [1.54, 1.807) is 0 Å². The molecule has 0 radical (unpaired) electrons. The molecule has 0 aliphatic heterocycles. The zero-order valence-corrected chi connectivity index (χ0v) is 17.4. The van der Waals surface area contributed by atoms with E-state index in [2.05, 4.69) is 45.3 Å². The Bertz CT molecular complexity index is 777. The zero-order chi connectivity index (χ0) is 18.8. The molecule has 0 atom stereocenters. The monoisotopic (exact) mass is 355 g/mol. The summed E-state index contributed by atoms with van der Waals surface area (Å²) in [5, 5.41) is 12.8. The van der Waals surface area contributed by atoms with E-state index < -0.39 is 8.32 Å². The van der Waals surface area contributed by atoms with Crippen molar-refractivity contribution in [2.45, 2.75) is 59.3 Å². The number of nitrogens with zero attached hydrogens (tertiary/aromatic N) is 2. The van der Waals surface area contributed by atoms with Crippen molar-refractivity contribution in [2.75, 3.05) is 5.32 Å². The number of anilines is 2. The van der Waals surface area contributed by atoms with Gasteiger partial charge in [0.1, 0.15) is 17.5 Å². The van der Waals surface area contributed by atoms with Crippen LogP contribution in [-0.2, 0) is 6.54 Å². The van der Waals surface area contributed by atoms with Gasteiger partial charge in [-0.1, -0.05) is 20.8 Å². The fourth-order valence-corrected chi connectivity index (χ4v) is 3.51. The fourth-order valence-electron chi connectivity index (χ4n) is 2.48. The summed E-state index contributed by atoms with van der Waals surface area (Å²) in [5.41, 5.74) is 3.71. The molecule has 0 amide bonds. The smallest absolute Gasteiger partial charge is 0.250 e.